The van der Waals surface area contributed by atoms with Gasteiger partial charge in [0.15, 0.2) is 0 Å². The van der Waals surface area contributed by atoms with E-state index in [0.717, 1.165) is 5.69 Å². The second-order valence-electron chi connectivity index (χ2n) is 5.87. The topological polar surface area (TPSA) is 64.4 Å². The molecule has 5 nitrogen and oxygen atoms in total. The molecule has 0 bridgehead atoms. The van der Waals surface area contributed by atoms with Crippen LogP contribution in [0.1, 0.15) is 11.1 Å². The van der Waals surface area contributed by atoms with Crippen molar-refractivity contribution >= 4 is 15.7 Å². The zero-order chi connectivity index (χ0) is 17.2. The van der Waals surface area contributed by atoms with Gasteiger partial charge >= 0.3 is 0 Å². The fourth-order valence-corrected chi connectivity index (χ4v) is 4.28. The van der Waals surface area contributed by atoms with Crippen molar-refractivity contribution in [2.45, 2.75) is 11.8 Å². The molecule has 3 rings (SSSR count). The molecule has 0 unspecified atom stereocenters. The zero-order valence-electron chi connectivity index (χ0n) is 13.5. The van der Waals surface area contributed by atoms with Gasteiger partial charge in [-0.25, -0.2) is 8.42 Å². The number of hydrogen-bond acceptors (Lipinski definition) is 4. The van der Waals surface area contributed by atoms with Crippen molar-refractivity contribution in [3.05, 3.63) is 59.7 Å². The molecule has 2 aromatic carbocycles. The van der Waals surface area contributed by atoms with Crippen molar-refractivity contribution in [1.29, 1.82) is 5.26 Å². The lowest BCUT2D eigenvalue weighted by molar-refractivity contribution is 0.385. The van der Waals surface area contributed by atoms with E-state index in [1.54, 1.807) is 0 Å². The van der Waals surface area contributed by atoms with Crippen LogP contribution in [0.3, 0.4) is 0 Å². The fraction of sp³-hybridized carbons (Fsp3) is 0.278. The van der Waals surface area contributed by atoms with Crippen molar-refractivity contribution in [1.82, 2.24) is 4.31 Å². The first-order valence-electron chi connectivity index (χ1n) is 7.82. The Morgan fingerprint density at radius 1 is 1.00 bits per heavy atom. The molecule has 6 heteroatoms. The highest BCUT2D eigenvalue weighted by Crippen LogP contribution is 2.22. The van der Waals surface area contributed by atoms with Crippen LogP contribution < -0.4 is 4.90 Å². The predicted molar refractivity (Wildman–Crippen MR) is 93.3 cm³/mol. The third-order valence-electron chi connectivity index (χ3n) is 4.23. The number of benzene rings is 2. The van der Waals surface area contributed by atoms with Gasteiger partial charge in [0.1, 0.15) is 0 Å². The molecule has 0 radical (unpaired) electrons. The summed E-state index contributed by atoms with van der Waals surface area (Å²) >= 11 is 0. The van der Waals surface area contributed by atoms with E-state index < -0.39 is 10.0 Å². The summed E-state index contributed by atoms with van der Waals surface area (Å²) in [5.74, 6) is 0. The quantitative estimate of drug-likeness (QED) is 0.860. The van der Waals surface area contributed by atoms with E-state index in [1.165, 1.54) is 34.1 Å². The van der Waals surface area contributed by atoms with Gasteiger partial charge in [-0.3, -0.25) is 0 Å². The number of nitrogens with zero attached hydrogens (tertiary/aromatic N) is 3. The normalized spacial score (nSPS) is 15.9. The van der Waals surface area contributed by atoms with Crippen molar-refractivity contribution in [2.24, 2.45) is 0 Å². The van der Waals surface area contributed by atoms with Crippen LogP contribution in [-0.2, 0) is 10.0 Å². The smallest absolute Gasteiger partial charge is 0.243 e. The first kappa shape index (κ1) is 16.5. The minimum atomic E-state index is -3.50. The first-order chi connectivity index (χ1) is 11.5. The summed E-state index contributed by atoms with van der Waals surface area (Å²) in [6.07, 6.45) is 0. The molecule has 1 fully saturated rings. The molecule has 1 saturated heterocycles. The number of nitriles is 1. The Balaban J connectivity index is 1.72. The largest absolute Gasteiger partial charge is 0.369 e. The Kier molecular flexibility index (Phi) is 4.56. The molecule has 0 amide bonds. The Labute approximate surface area is 142 Å². The molecule has 0 atom stereocenters. The van der Waals surface area contributed by atoms with Gasteiger partial charge in [0.2, 0.25) is 10.0 Å². The van der Waals surface area contributed by atoms with Gasteiger partial charge in [0.05, 0.1) is 16.5 Å². The van der Waals surface area contributed by atoms with Gasteiger partial charge < -0.3 is 4.90 Å². The first-order valence-corrected chi connectivity index (χ1v) is 9.26. The number of rotatable bonds is 3. The highest BCUT2D eigenvalue weighted by molar-refractivity contribution is 7.89. The molecule has 0 N–H and O–H groups in total. The van der Waals surface area contributed by atoms with E-state index in [0.29, 0.717) is 31.7 Å². The fourth-order valence-electron chi connectivity index (χ4n) is 2.86. The summed E-state index contributed by atoms with van der Waals surface area (Å²) in [5.41, 5.74) is 2.78. The molecule has 1 aliphatic rings. The third kappa shape index (κ3) is 3.28. The molecule has 0 aromatic heterocycles. The Morgan fingerprint density at radius 2 is 1.67 bits per heavy atom. The number of hydrogen-bond donors (Lipinski definition) is 0. The van der Waals surface area contributed by atoms with Crippen LogP contribution in [0.25, 0.3) is 0 Å². The van der Waals surface area contributed by atoms with Crippen LogP contribution in [0.15, 0.2) is 53.4 Å². The van der Waals surface area contributed by atoms with Crippen LogP contribution in [-0.4, -0.2) is 38.9 Å². The summed E-state index contributed by atoms with van der Waals surface area (Å²) < 4.78 is 26.9. The van der Waals surface area contributed by atoms with E-state index in [-0.39, 0.29) is 4.90 Å². The van der Waals surface area contributed by atoms with Crippen molar-refractivity contribution in [2.75, 3.05) is 31.1 Å². The number of anilines is 1. The number of aryl methyl sites for hydroxylation is 1. The van der Waals surface area contributed by atoms with E-state index in [9.17, 15) is 8.42 Å². The zero-order valence-corrected chi connectivity index (χ0v) is 14.3. The van der Waals surface area contributed by atoms with Crippen LogP contribution in [0.4, 0.5) is 5.69 Å². The third-order valence-corrected chi connectivity index (χ3v) is 6.14. The van der Waals surface area contributed by atoms with Gasteiger partial charge in [0.25, 0.3) is 0 Å². The summed E-state index contributed by atoms with van der Waals surface area (Å²) in [7, 11) is -3.50. The SMILES string of the molecule is Cc1cccc(N2CCN(S(=O)(=O)c3ccc(C#N)cc3)CC2)c1. The summed E-state index contributed by atoms with van der Waals surface area (Å²) in [5, 5.41) is 8.82. The monoisotopic (exact) mass is 341 g/mol. The Bertz CT molecular complexity index is 862. The minimum Gasteiger partial charge on any atom is -0.369 e. The molecule has 0 spiro atoms. The highest BCUT2D eigenvalue weighted by Gasteiger charge is 2.28. The van der Waals surface area contributed by atoms with Gasteiger partial charge in [-0.2, -0.15) is 9.57 Å². The van der Waals surface area contributed by atoms with Gasteiger partial charge in [-0.05, 0) is 48.9 Å². The lowest BCUT2D eigenvalue weighted by atomic mass is 10.2. The Hall–Kier alpha value is -2.36. The van der Waals surface area contributed by atoms with Gasteiger partial charge in [0, 0.05) is 31.9 Å². The molecule has 2 aromatic rings. The minimum absolute atomic E-state index is 0.241. The van der Waals surface area contributed by atoms with E-state index in [4.69, 9.17) is 5.26 Å². The van der Waals surface area contributed by atoms with Crippen LogP contribution in [0, 0.1) is 18.3 Å². The maximum atomic E-state index is 12.7. The maximum absolute atomic E-state index is 12.7. The number of piperazine rings is 1. The van der Waals surface area contributed by atoms with E-state index in [1.807, 2.05) is 12.1 Å². The summed E-state index contributed by atoms with van der Waals surface area (Å²) in [4.78, 5) is 2.45. The molecule has 124 valence electrons. The molecule has 0 saturated carbocycles. The average Bonchev–Trinajstić information content (AvgIpc) is 2.62. The van der Waals surface area contributed by atoms with Crippen LogP contribution in [0.5, 0.6) is 0 Å². The van der Waals surface area contributed by atoms with Crippen molar-refractivity contribution < 1.29 is 8.42 Å². The average molecular weight is 341 g/mol. The molecule has 0 aliphatic carbocycles. The lowest BCUT2D eigenvalue weighted by Crippen LogP contribution is -2.48. The summed E-state index contributed by atoms with van der Waals surface area (Å²) in [6, 6.07) is 16.3. The summed E-state index contributed by atoms with van der Waals surface area (Å²) in [6.45, 7) is 4.29. The van der Waals surface area contributed by atoms with Gasteiger partial charge in [-0.1, -0.05) is 12.1 Å². The molecule has 1 heterocycles. The Morgan fingerprint density at radius 3 is 2.25 bits per heavy atom. The van der Waals surface area contributed by atoms with Crippen LogP contribution in [0.2, 0.25) is 0 Å². The lowest BCUT2D eigenvalue weighted by Gasteiger charge is -2.35. The van der Waals surface area contributed by atoms with Crippen LogP contribution >= 0.6 is 0 Å². The van der Waals surface area contributed by atoms with E-state index >= 15 is 0 Å². The second kappa shape index (κ2) is 6.63. The maximum Gasteiger partial charge on any atom is 0.243 e. The molecule has 24 heavy (non-hydrogen) atoms. The van der Waals surface area contributed by atoms with Crippen molar-refractivity contribution in [3.63, 3.8) is 0 Å². The number of sulfonamides is 1. The van der Waals surface area contributed by atoms with Gasteiger partial charge in [-0.15, -0.1) is 0 Å². The van der Waals surface area contributed by atoms with E-state index in [2.05, 4.69) is 30.0 Å². The standard InChI is InChI=1S/C18H19N3O2S/c1-15-3-2-4-17(13-15)20-9-11-21(12-10-20)24(22,23)18-7-5-16(14-19)6-8-18/h2-8,13H,9-12H2,1H3. The molecule has 1 aliphatic heterocycles. The predicted octanol–water partition coefficient (Wildman–Crippen LogP) is 2.38. The molecular weight excluding hydrogens is 322 g/mol. The molecular formula is C18H19N3O2S. The highest BCUT2D eigenvalue weighted by atomic mass is 32.2. The second-order valence-corrected chi connectivity index (χ2v) is 7.80. The van der Waals surface area contributed by atoms with Crippen molar-refractivity contribution in [3.8, 4) is 6.07 Å².